The van der Waals surface area contributed by atoms with Crippen molar-refractivity contribution in [1.29, 1.82) is 5.26 Å². The van der Waals surface area contributed by atoms with Crippen LogP contribution in [0, 0.1) is 16.7 Å². The van der Waals surface area contributed by atoms with Gasteiger partial charge in [0.1, 0.15) is 5.41 Å². The predicted molar refractivity (Wildman–Crippen MR) is 87.0 cm³/mol. The number of amides is 1. The maximum atomic E-state index is 12.6. The first-order valence-corrected chi connectivity index (χ1v) is 7.94. The molecular formula is C18H25N3O. The van der Waals surface area contributed by atoms with Crippen LogP contribution in [0.1, 0.15) is 44.2 Å². The van der Waals surface area contributed by atoms with Crippen LogP contribution in [0.5, 0.6) is 0 Å². The second-order valence-electron chi connectivity index (χ2n) is 6.48. The molecule has 1 aliphatic carbocycles. The van der Waals surface area contributed by atoms with Crippen molar-refractivity contribution < 1.29 is 4.79 Å². The first-order chi connectivity index (χ1) is 10.5. The lowest BCUT2D eigenvalue weighted by atomic mass is 9.86. The van der Waals surface area contributed by atoms with Crippen molar-refractivity contribution in [3.8, 4) is 6.07 Å². The first-order valence-electron chi connectivity index (χ1n) is 7.94. The molecule has 1 fully saturated rings. The quantitative estimate of drug-likeness (QED) is 0.909. The van der Waals surface area contributed by atoms with E-state index in [9.17, 15) is 10.1 Å². The average Bonchev–Trinajstić information content (AvgIpc) is 2.98. The van der Waals surface area contributed by atoms with Gasteiger partial charge in [-0.1, -0.05) is 43.2 Å². The molecule has 1 saturated carbocycles. The van der Waals surface area contributed by atoms with Gasteiger partial charge in [-0.05, 0) is 39.4 Å². The molecule has 1 aromatic rings. The molecule has 1 aromatic carbocycles. The number of benzene rings is 1. The maximum absolute atomic E-state index is 12.6. The van der Waals surface area contributed by atoms with Crippen LogP contribution in [0.3, 0.4) is 0 Å². The van der Waals surface area contributed by atoms with Crippen molar-refractivity contribution in [1.82, 2.24) is 10.2 Å². The second kappa shape index (κ2) is 6.93. The van der Waals surface area contributed by atoms with Gasteiger partial charge in [0, 0.05) is 6.04 Å². The molecule has 4 nitrogen and oxygen atoms in total. The molecule has 0 bridgehead atoms. The highest BCUT2D eigenvalue weighted by Gasteiger charge is 2.42. The molecule has 0 saturated heterocycles. The van der Waals surface area contributed by atoms with E-state index < -0.39 is 5.41 Å². The number of nitrogens with one attached hydrogen (secondary N) is 1. The molecule has 22 heavy (non-hydrogen) atoms. The zero-order valence-corrected chi connectivity index (χ0v) is 13.7. The summed E-state index contributed by atoms with van der Waals surface area (Å²) in [6.45, 7) is 2.01. The summed E-state index contributed by atoms with van der Waals surface area (Å²) in [5.41, 5.74) is 0.347. The molecule has 0 heterocycles. The Morgan fingerprint density at radius 3 is 2.36 bits per heavy atom. The van der Waals surface area contributed by atoms with Crippen LogP contribution in [0.2, 0.25) is 0 Å². The van der Waals surface area contributed by atoms with E-state index in [1.165, 1.54) is 0 Å². The summed E-state index contributed by atoms with van der Waals surface area (Å²) >= 11 is 0. The predicted octanol–water partition coefficient (Wildman–Crippen LogP) is 2.88. The van der Waals surface area contributed by atoms with E-state index in [1.807, 2.05) is 39.2 Å². The van der Waals surface area contributed by atoms with Crippen LogP contribution in [-0.2, 0) is 4.79 Å². The van der Waals surface area contributed by atoms with Crippen molar-refractivity contribution >= 4 is 5.91 Å². The summed E-state index contributed by atoms with van der Waals surface area (Å²) < 4.78 is 0. The monoisotopic (exact) mass is 299 g/mol. The zero-order chi connectivity index (χ0) is 16.2. The summed E-state index contributed by atoms with van der Waals surface area (Å²) in [7, 11) is 4.02. The fourth-order valence-corrected chi connectivity index (χ4v) is 3.48. The lowest BCUT2D eigenvalue weighted by Crippen LogP contribution is -2.47. The summed E-state index contributed by atoms with van der Waals surface area (Å²) in [5.74, 6) is -0.109. The Balaban J connectivity index is 2.14. The number of nitrogens with zero attached hydrogens (tertiary/aromatic N) is 2. The van der Waals surface area contributed by atoms with E-state index in [0.717, 1.165) is 18.4 Å². The number of hydrogen-bond donors (Lipinski definition) is 1. The van der Waals surface area contributed by atoms with Gasteiger partial charge in [0.2, 0.25) is 5.91 Å². The summed E-state index contributed by atoms with van der Waals surface area (Å²) in [5, 5.41) is 12.5. The van der Waals surface area contributed by atoms with Crippen LogP contribution in [0.25, 0.3) is 0 Å². The van der Waals surface area contributed by atoms with Crippen LogP contribution < -0.4 is 5.32 Å². The first kappa shape index (κ1) is 16.5. The van der Waals surface area contributed by atoms with Crippen LogP contribution in [-0.4, -0.2) is 30.9 Å². The Morgan fingerprint density at radius 1 is 1.27 bits per heavy atom. The molecule has 118 valence electrons. The molecular weight excluding hydrogens is 274 g/mol. The highest BCUT2D eigenvalue weighted by atomic mass is 16.2. The Kier molecular flexibility index (Phi) is 5.20. The van der Waals surface area contributed by atoms with Crippen molar-refractivity contribution in [2.24, 2.45) is 5.41 Å². The Hall–Kier alpha value is -1.86. The SMILES string of the molecule is C[C@@H](NC(=O)C1(C#N)CCCC1)[C@H](c1ccccc1)N(C)C. The average molecular weight is 299 g/mol. The highest BCUT2D eigenvalue weighted by molar-refractivity contribution is 5.86. The van der Waals surface area contributed by atoms with E-state index in [4.69, 9.17) is 0 Å². The van der Waals surface area contributed by atoms with Crippen LogP contribution in [0.15, 0.2) is 30.3 Å². The molecule has 4 heteroatoms. The van der Waals surface area contributed by atoms with Crippen molar-refractivity contribution in [2.45, 2.75) is 44.7 Å². The van der Waals surface area contributed by atoms with Gasteiger partial charge in [-0.3, -0.25) is 4.79 Å². The molecule has 0 unspecified atom stereocenters. The number of nitriles is 1. The smallest absolute Gasteiger partial charge is 0.240 e. The zero-order valence-electron chi connectivity index (χ0n) is 13.7. The highest BCUT2D eigenvalue weighted by Crippen LogP contribution is 2.38. The molecule has 0 aromatic heterocycles. The minimum Gasteiger partial charge on any atom is -0.350 e. The maximum Gasteiger partial charge on any atom is 0.240 e. The van der Waals surface area contributed by atoms with Gasteiger partial charge in [-0.2, -0.15) is 5.26 Å². The van der Waals surface area contributed by atoms with Gasteiger partial charge >= 0.3 is 0 Å². The molecule has 0 radical (unpaired) electrons. The number of rotatable bonds is 5. The van der Waals surface area contributed by atoms with E-state index >= 15 is 0 Å². The summed E-state index contributed by atoms with van der Waals surface area (Å²) in [6, 6.07) is 12.4. The fourth-order valence-electron chi connectivity index (χ4n) is 3.48. The Labute approximate surface area is 133 Å². The standard InChI is InChI=1S/C18H25N3O/c1-14(16(21(2)3)15-9-5-4-6-10-15)20-17(22)18(13-19)11-7-8-12-18/h4-6,9-10,14,16H,7-8,11-12H2,1-3H3,(H,20,22)/t14-,16-/m1/s1. The number of carbonyl (C=O) groups is 1. The van der Waals surface area contributed by atoms with Crippen LogP contribution in [0.4, 0.5) is 0 Å². The number of hydrogen-bond acceptors (Lipinski definition) is 3. The third-order valence-corrected chi connectivity index (χ3v) is 4.64. The summed E-state index contributed by atoms with van der Waals surface area (Å²) in [4.78, 5) is 14.7. The van der Waals surface area contributed by atoms with Gasteiger partial charge < -0.3 is 10.2 Å². The molecule has 1 aliphatic rings. The molecule has 0 spiro atoms. The van der Waals surface area contributed by atoms with Gasteiger partial charge in [-0.15, -0.1) is 0 Å². The van der Waals surface area contributed by atoms with Gasteiger partial charge in [0.15, 0.2) is 0 Å². The Bertz CT molecular complexity index is 541. The molecule has 0 aliphatic heterocycles. The van der Waals surface area contributed by atoms with E-state index in [-0.39, 0.29) is 18.0 Å². The minimum atomic E-state index is -0.818. The fraction of sp³-hybridized carbons (Fsp3) is 0.556. The van der Waals surface area contributed by atoms with Gasteiger partial charge in [0.25, 0.3) is 0 Å². The normalized spacial score (nSPS) is 19.4. The van der Waals surface area contributed by atoms with Crippen LogP contribution >= 0.6 is 0 Å². The molecule has 2 rings (SSSR count). The van der Waals surface area contributed by atoms with E-state index in [1.54, 1.807) is 0 Å². The molecule has 1 amide bonds. The third-order valence-electron chi connectivity index (χ3n) is 4.64. The van der Waals surface area contributed by atoms with Crippen molar-refractivity contribution in [3.63, 3.8) is 0 Å². The molecule has 1 N–H and O–H groups in total. The van der Waals surface area contributed by atoms with E-state index in [2.05, 4.69) is 28.4 Å². The van der Waals surface area contributed by atoms with Crippen molar-refractivity contribution in [2.75, 3.05) is 14.1 Å². The van der Waals surface area contributed by atoms with Gasteiger partial charge in [0.05, 0.1) is 12.1 Å². The van der Waals surface area contributed by atoms with Crippen molar-refractivity contribution in [3.05, 3.63) is 35.9 Å². The lowest BCUT2D eigenvalue weighted by molar-refractivity contribution is -0.129. The summed E-state index contributed by atoms with van der Waals surface area (Å²) in [6.07, 6.45) is 3.29. The van der Waals surface area contributed by atoms with E-state index in [0.29, 0.717) is 12.8 Å². The number of likely N-dealkylation sites (N-methyl/N-ethyl adjacent to an activating group) is 1. The minimum absolute atomic E-state index is 0.0595. The largest absolute Gasteiger partial charge is 0.350 e. The second-order valence-corrected chi connectivity index (χ2v) is 6.48. The molecule has 2 atom stereocenters. The topological polar surface area (TPSA) is 56.1 Å². The number of carbonyl (C=O) groups excluding carboxylic acids is 1. The Morgan fingerprint density at radius 2 is 1.86 bits per heavy atom. The third kappa shape index (κ3) is 3.31. The van der Waals surface area contributed by atoms with Gasteiger partial charge in [-0.25, -0.2) is 0 Å². The lowest BCUT2D eigenvalue weighted by Gasteiger charge is -2.33.